The van der Waals surface area contributed by atoms with Gasteiger partial charge in [-0.15, -0.1) is 11.3 Å². The first-order chi connectivity index (χ1) is 14.3. The summed E-state index contributed by atoms with van der Waals surface area (Å²) in [5.41, 5.74) is 3.38. The molecular weight excluding hydrogens is 464 g/mol. The molecule has 0 N–H and O–H groups in total. The van der Waals surface area contributed by atoms with Gasteiger partial charge in [-0.1, -0.05) is 45.8 Å². The highest BCUT2D eigenvalue weighted by Crippen LogP contribution is 2.43. The minimum absolute atomic E-state index is 0.0888. The van der Waals surface area contributed by atoms with Crippen LogP contribution in [0.3, 0.4) is 0 Å². The Kier molecular flexibility index (Phi) is 4.41. The quantitative estimate of drug-likeness (QED) is 0.369. The van der Waals surface area contributed by atoms with E-state index >= 15 is 0 Å². The van der Waals surface area contributed by atoms with Gasteiger partial charge in [-0.25, -0.2) is 4.98 Å². The van der Waals surface area contributed by atoms with E-state index in [2.05, 4.69) is 20.9 Å². The first-order valence-corrected chi connectivity index (χ1v) is 11.1. The van der Waals surface area contributed by atoms with E-state index < -0.39 is 6.04 Å². The maximum atomic E-state index is 13.5. The highest BCUT2D eigenvalue weighted by molar-refractivity contribution is 9.10. The van der Waals surface area contributed by atoms with Crippen LogP contribution in [-0.2, 0) is 0 Å². The maximum Gasteiger partial charge on any atom is 0.297 e. The summed E-state index contributed by atoms with van der Waals surface area (Å²) in [6.45, 7) is 5.89. The fraction of sp³-hybridized carbons (Fsp3) is 0.174. The number of carbonyl (C=O) groups is 1. The number of halogens is 1. The molecular formula is C23H17BrN2O3S. The third kappa shape index (κ3) is 2.84. The Bertz CT molecular complexity index is 1370. The number of carbonyl (C=O) groups excluding carboxylic acids is 1. The van der Waals surface area contributed by atoms with E-state index in [-0.39, 0.29) is 17.1 Å². The summed E-state index contributed by atoms with van der Waals surface area (Å²) >= 11 is 4.86. The number of rotatable bonds is 2. The van der Waals surface area contributed by atoms with E-state index in [4.69, 9.17) is 4.42 Å². The SMILES string of the molecule is Cc1ccc([C@H]2c3c(oc4ccc(Br)cc4c3=O)C(=O)N2c2nc(C)c(C)s2)cc1. The second-order valence-corrected chi connectivity index (χ2v) is 9.54. The number of amides is 1. The van der Waals surface area contributed by atoms with E-state index in [1.165, 1.54) is 11.3 Å². The molecule has 7 heteroatoms. The van der Waals surface area contributed by atoms with Gasteiger partial charge in [0.15, 0.2) is 10.6 Å². The van der Waals surface area contributed by atoms with Gasteiger partial charge in [0.1, 0.15) is 5.58 Å². The van der Waals surface area contributed by atoms with Gasteiger partial charge in [0, 0.05) is 9.35 Å². The second-order valence-electron chi connectivity index (χ2n) is 7.44. The van der Waals surface area contributed by atoms with E-state index in [1.807, 2.05) is 45.0 Å². The molecule has 0 saturated carbocycles. The zero-order valence-corrected chi connectivity index (χ0v) is 18.9. The van der Waals surface area contributed by atoms with Crippen LogP contribution in [0.15, 0.2) is 56.1 Å². The molecule has 150 valence electrons. The molecule has 2 aromatic heterocycles. The van der Waals surface area contributed by atoms with Gasteiger partial charge >= 0.3 is 0 Å². The Morgan fingerprint density at radius 2 is 1.80 bits per heavy atom. The average Bonchev–Trinajstić information content (AvgIpc) is 3.20. The predicted octanol–water partition coefficient (Wildman–Crippen LogP) is 5.69. The van der Waals surface area contributed by atoms with Crippen molar-refractivity contribution < 1.29 is 9.21 Å². The van der Waals surface area contributed by atoms with Crippen LogP contribution >= 0.6 is 27.3 Å². The molecule has 5 nitrogen and oxygen atoms in total. The Morgan fingerprint density at radius 1 is 1.07 bits per heavy atom. The number of thiazole rings is 1. The van der Waals surface area contributed by atoms with Gasteiger partial charge in [0.05, 0.1) is 22.7 Å². The topological polar surface area (TPSA) is 63.4 Å². The van der Waals surface area contributed by atoms with Gasteiger partial charge in [-0.2, -0.15) is 0 Å². The highest BCUT2D eigenvalue weighted by Gasteiger charge is 2.45. The van der Waals surface area contributed by atoms with Gasteiger partial charge in [0.2, 0.25) is 5.76 Å². The zero-order chi connectivity index (χ0) is 21.2. The first kappa shape index (κ1) is 19.2. The lowest BCUT2D eigenvalue weighted by Gasteiger charge is -2.22. The van der Waals surface area contributed by atoms with Gasteiger partial charge in [-0.3, -0.25) is 14.5 Å². The lowest BCUT2D eigenvalue weighted by atomic mass is 9.98. The Hall–Kier alpha value is -2.77. The second kappa shape index (κ2) is 6.89. The lowest BCUT2D eigenvalue weighted by molar-refractivity contribution is 0.0971. The molecule has 1 atom stereocenters. The summed E-state index contributed by atoms with van der Waals surface area (Å²) < 4.78 is 6.76. The molecule has 5 rings (SSSR count). The van der Waals surface area contributed by atoms with Crippen molar-refractivity contribution in [3.63, 3.8) is 0 Å². The molecule has 2 aromatic carbocycles. The molecule has 1 amide bonds. The number of benzene rings is 2. The molecule has 0 saturated heterocycles. The number of aryl methyl sites for hydroxylation is 3. The number of hydrogen-bond acceptors (Lipinski definition) is 5. The van der Waals surface area contributed by atoms with Gasteiger partial charge in [0.25, 0.3) is 5.91 Å². The monoisotopic (exact) mass is 480 g/mol. The molecule has 0 aliphatic carbocycles. The summed E-state index contributed by atoms with van der Waals surface area (Å²) in [5, 5.41) is 1.01. The largest absolute Gasteiger partial charge is 0.450 e. The molecule has 1 aliphatic heterocycles. The molecule has 0 unspecified atom stereocenters. The average molecular weight is 481 g/mol. The number of fused-ring (bicyclic) bond motifs is 2. The summed E-state index contributed by atoms with van der Waals surface area (Å²) in [6.07, 6.45) is 0. The predicted molar refractivity (Wildman–Crippen MR) is 122 cm³/mol. The number of hydrogen-bond donors (Lipinski definition) is 0. The standard InChI is InChI=1S/C23H17BrN2O3S/c1-11-4-6-14(7-5-11)19-18-20(27)16-10-15(24)8-9-17(16)29-21(18)22(28)26(19)23-25-12(2)13(3)30-23/h4-10,19H,1-3H3/t19-/m0/s1. The summed E-state index contributed by atoms with van der Waals surface area (Å²) in [7, 11) is 0. The third-order valence-electron chi connectivity index (χ3n) is 5.45. The van der Waals surface area contributed by atoms with Crippen LogP contribution in [-0.4, -0.2) is 10.9 Å². The van der Waals surface area contributed by atoms with E-state index in [9.17, 15) is 9.59 Å². The van der Waals surface area contributed by atoms with Crippen molar-refractivity contribution in [1.29, 1.82) is 0 Å². The van der Waals surface area contributed by atoms with Crippen LogP contribution in [0.4, 0.5) is 5.13 Å². The van der Waals surface area contributed by atoms with Crippen LogP contribution in [0.25, 0.3) is 11.0 Å². The molecule has 30 heavy (non-hydrogen) atoms. The van der Waals surface area contributed by atoms with Crippen molar-refractivity contribution in [2.24, 2.45) is 0 Å². The fourth-order valence-electron chi connectivity index (χ4n) is 3.77. The van der Waals surface area contributed by atoms with Crippen molar-refractivity contribution in [2.45, 2.75) is 26.8 Å². The molecule has 3 heterocycles. The van der Waals surface area contributed by atoms with E-state index in [1.54, 1.807) is 23.1 Å². The van der Waals surface area contributed by atoms with Crippen LogP contribution in [0, 0.1) is 20.8 Å². The zero-order valence-electron chi connectivity index (χ0n) is 16.5. The van der Waals surface area contributed by atoms with Crippen molar-refractivity contribution in [1.82, 2.24) is 4.98 Å². The molecule has 1 aliphatic rings. The first-order valence-electron chi connectivity index (χ1n) is 9.45. The summed E-state index contributed by atoms with van der Waals surface area (Å²) in [5.74, 6) is -0.253. The van der Waals surface area contributed by atoms with E-state index in [0.29, 0.717) is 21.7 Å². The highest BCUT2D eigenvalue weighted by atomic mass is 79.9. The van der Waals surface area contributed by atoms with E-state index in [0.717, 1.165) is 26.2 Å². The Morgan fingerprint density at radius 3 is 2.47 bits per heavy atom. The van der Waals surface area contributed by atoms with Crippen LogP contribution in [0.2, 0.25) is 0 Å². The molecule has 0 bridgehead atoms. The van der Waals surface area contributed by atoms with Crippen LogP contribution < -0.4 is 10.3 Å². The smallest absolute Gasteiger partial charge is 0.297 e. The summed E-state index contributed by atoms with van der Waals surface area (Å²) in [6, 6.07) is 12.5. The molecule has 0 fully saturated rings. The molecule has 0 spiro atoms. The summed E-state index contributed by atoms with van der Waals surface area (Å²) in [4.78, 5) is 34.3. The van der Waals surface area contributed by atoms with Crippen LogP contribution in [0.5, 0.6) is 0 Å². The number of nitrogens with zero attached hydrogens (tertiary/aromatic N) is 2. The fourth-order valence-corrected chi connectivity index (χ4v) is 5.06. The van der Waals surface area contributed by atoms with Crippen molar-refractivity contribution in [2.75, 3.05) is 4.90 Å². The third-order valence-corrected chi connectivity index (χ3v) is 7.01. The Labute approximate surface area is 185 Å². The van der Waals surface area contributed by atoms with Crippen molar-refractivity contribution >= 4 is 49.3 Å². The lowest BCUT2D eigenvalue weighted by Crippen LogP contribution is -2.29. The van der Waals surface area contributed by atoms with Gasteiger partial charge in [-0.05, 0) is 44.5 Å². The number of aromatic nitrogens is 1. The van der Waals surface area contributed by atoms with Crippen molar-refractivity contribution in [3.05, 3.63) is 90.2 Å². The normalized spacial score (nSPS) is 15.8. The molecule has 0 radical (unpaired) electrons. The minimum atomic E-state index is -0.585. The number of anilines is 1. The minimum Gasteiger partial charge on any atom is -0.450 e. The molecule has 4 aromatic rings. The van der Waals surface area contributed by atoms with Gasteiger partial charge < -0.3 is 4.42 Å². The van der Waals surface area contributed by atoms with Crippen molar-refractivity contribution in [3.8, 4) is 0 Å². The maximum absolute atomic E-state index is 13.5. The van der Waals surface area contributed by atoms with Crippen LogP contribution in [0.1, 0.15) is 43.9 Å². The Balaban J connectivity index is 1.82.